The van der Waals surface area contributed by atoms with Crippen LogP contribution >= 0.6 is 11.3 Å². The van der Waals surface area contributed by atoms with Gasteiger partial charge in [-0.15, -0.1) is 5.10 Å². The molecule has 2 saturated heterocycles. The number of β-amino-alcohol motifs (C(OH)–C–C–N with tert-alkyl or cyclic N) is 1. The lowest BCUT2D eigenvalue weighted by molar-refractivity contribution is -0.139. The minimum atomic E-state index is -0.321. The van der Waals surface area contributed by atoms with Crippen LogP contribution in [-0.4, -0.2) is 81.4 Å². The quantitative estimate of drug-likeness (QED) is 0.354. The molecule has 4 aromatic rings. The summed E-state index contributed by atoms with van der Waals surface area (Å²) in [7, 11) is 1.92. The monoisotopic (exact) mass is 577 g/mol. The van der Waals surface area contributed by atoms with E-state index in [2.05, 4.69) is 17.9 Å². The maximum Gasteiger partial charge on any atom is 0.236 e. The number of rotatable bonds is 6. The minimum absolute atomic E-state index is 0.0483. The van der Waals surface area contributed by atoms with Crippen LogP contribution in [0.25, 0.3) is 16.9 Å². The van der Waals surface area contributed by atoms with Crippen molar-refractivity contribution < 1.29 is 14.3 Å². The zero-order valence-corrected chi connectivity index (χ0v) is 23.8. The number of benzene rings is 1. The first-order valence-electron chi connectivity index (χ1n) is 13.5. The summed E-state index contributed by atoms with van der Waals surface area (Å²) in [5.74, 6) is 1.37. The number of fused-ring (bicyclic) bond motifs is 1. The Labute approximate surface area is 241 Å². The summed E-state index contributed by atoms with van der Waals surface area (Å²) in [4.78, 5) is 26.4. The highest BCUT2D eigenvalue weighted by Gasteiger charge is 2.27. The fourth-order valence-electron chi connectivity index (χ4n) is 4.86. The van der Waals surface area contributed by atoms with Crippen molar-refractivity contribution in [3.63, 3.8) is 0 Å². The van der Waals surface area contributed by atoms with E-state index in [-0.39, 0.29) is 24.4 Å². The van der Waals surface area contributed by atoms with Gasteiger partial charge in [0.15, 0.2) is 16.6 Å². The van der Waals surface area contributed by atoms with E-state index in [0.717, 1.165) is 42.5 Å². The SMILES string of the molecule is CCc1nc2ccc(N3CCCC3)nn2c1N(C)c1nc(-c2ccc(F)cc2)c(C#N)s1.NCC(=O)N1CC(O)C1. The molecule has 2 fully saturated rings. The Kier molecular flexibility index (Phi) is 8.44. The smallest absolute Gasteiger partial charge is 0.236 e. The Morgan fingerprint density at radius 3 is 2.51 bits per heavy atom. The van der Waals surface area contributed by atoms with Crippen LogP contribution in [-0.2, 0) is 11.2 Å². The zero-order chi connectivity index (χ0) is 29.1. The van der Waals surface area contributed by atoms with Gasteiger partial charge in [0, 0.05) is 38.8 Å². The standard InChI is InChI=1S/C23H22FN7S.C5H10N2O2/c1-3-17-22(31-19(26-17)10-11-20(28-31)30-12-4-5-13-30)29(2)23-27-21(18(14-25)32-23)15-6-8-16(24)9-7-15;6-1-5(9)7-2-4(8)3-7/h6-11H,3-5,12-13H2,1-2H3;4,8H,1-3,6H2. The van der Waals surface area contributed by atoms with Gasteiger partial charge >= 0.3 is 0 Å². The average Bonchev–Trinajstić information content (AvgIpc) is 3.73. The molecule has 6 rings (SSSR count). The summed E-state index contributed by atoms with van der Waals surface area (Å²) < 4.78 is 15.2. The first-order valence-corrected chi connectivity index (χ1v) is 14.3. The third-order valence-corrected chi connectivity index (χ3v) is 8.14. The highest BCUT2D eigenvalue weighted by molar-refractivity contribution is 7.16. The number of nitriles is 1. The Bertz CT molecular complexity index is 1570. The van der Waals surface area contributed by atoms with Crippen molar-refractivity contribution in [2.45, 2.75) is 32.3 Å². The number of halogens is 1. The molecule has 1 aromatic carbocycles. The molecule has 2 aliphatic rings. The summed E-state index contributed by atoms with van der Waals surface area (Å²) in [6.07, 6.45) is 2.78. The highest BCUT2D eigenvalue weighted by Crippen LogP contribution is 2.36. The molecule has 1 amide bonds. The van der Waals surface area contributed by atoms with Crippen molar-refractivity contribution in [1.82, 2.24) is 24.5 Å². The lowest BCUT2D eigenvalue weighted by Gasteiger charge is -2.35. The number of amides is 1. The summed E-state index contributed by atoms with van der Waals surface area (Å²) in [6.45, 7) is 5.04. The topological polar surface area (TPSA) is 140 Å². The van der Waals surface area contributed by atoms with Gasteiger partial charge in [-0.3, -0.25) is 4.79 Å². The molecule has 41 heavy (non-hydrogen) atoms. The lowest BCUT2D eigenvalue weighted by Crippen LogP contribution is -2.55. The van der Waals surface area contributed by atoms with Crippen molar-refractivity contribution >= 4 is 39.7 Å². The number of carbonyl (C=O) groups excluding carboxylic acids is 1. The third kappa shape index (κ3) is 5.85. The molecule has 3 N–H and O–H groups in total. The number of aromatic nitrogens is 4. The Morgan fingerprint density at radius 2 is 1.90 bits per heavy atom. The second-order valence-corrected chi connectivity index (χ2v) is 10.9. The van der Waals surface area contributed by atoms with E-state index in [1.807, 2.05) is 28.6 Å². The van der Waals surface area contributed by atoms with Gasteiger partial charge in [-0.1, -0.05) is 18.3 Å². The first kappa shape index (κ1) is 28.4. The van der Waals surface area contributed by atoms with E-state index < -0.39 is 0 Å². The molecule has 0 aliphatic carbocycles. The van der Waals surface area contributed by atoms with Crippen LogP contribution in [0.3, 0.4) is 0 Å². The van der Waals surface area contributed by atoms with Gasteiger partial charge in [0.25, 0.3) is 0 Å². The van der Waals surface area contributed by atoms with Gasteiger partial charge < -0.3 is 25.5 Å². The van der Waals surface area contributed by atoms with E-state index in [9.17, 15) is 14.4 Å². The predicted octanol–water partition coefficient (Wildman–Crippen LogP) is 2.94. The number of aryl methyl sites for hydroxylation is 1. The van der Waals surface area contributed by atoms with Crippen LogP contribution in [0.1, 0.15) is 30.3 Å². The molecule has 0 radical (unpaired) electrons. The van der Waals surface area contributed by atoms with Gasteiger partial charge in [0.2, 0.25) is 5.91 Å². The molecule has 214 valence electrons. The van der Waals surface area contributed by atoms with E-state index in [1.54, 1.807) is 12.1 Å². The number of nitrogens with zero attached hydrogens (tertiary/aromatic N) is 8. The second kappa shape index (κ2) is 12.2. The first-order chi connectivity index (χ1) is 19.8. The number of aliphatic hydroxyl groups is 1. The fraction of sp³-hybridized carbons (Fsp3) is 0.393. The van der Waals surface area contributed by atoms with Gasteiger partial charge in [-0.05, 0) is 55.7 Å². The van der Waals surface area contributed by atoms with Crippen LogP contribution in [0.15, 0.2) is 36.4 Å². The predicted molar refractivity (Wildman–Crippen MR) is 156 cm³/mol. The normalized spacial score (nSPS) is 14.9. The second-order valence-electron chi connectivity index (χ2n) is 9.90. The van der Waals surface area contributed by atoms with Crippen LogP contribution in [0, 0.1) is 17.1 Å². The maximum absolute atomic E-state index is 13.4. The Balaban J connectivity index is 0.000000321. The molecule has 3 aromatic heterocycles. The highest BCUT2D eigenvalue weighted by atomic mass is 32.1. The number of thiazole rings is 1. The van der Waals surface area contributed by atoms with Gasteiger partial charge in [-0.2, -0.15) is 9.78 Å². The number of aliphatic hydroxyl groups excluding tert-OH is 1. The number of likely N-dealkylation sites (tertiary alicyclic amines) is 1. The third-order valence-electron chi connectivity index (χ3n) is 7.10. The molecule has 13 heteroatoms. The van der Waals surface area contributed by atoms with E-state index >= 15 is 0 Å². The molecule has 5 heterocycles. The van der Waals surface area contributed by atoms with E-state index in [1.165, 1.54) is 41.2 Å². The summed E-state index contributed by atoms with van der Waals surface area (Å²) in [5.41, 5.74) is 8.01. The number of anilines is 3. The molecule has 0 spiro atoms. The van der Waals surface area contributed by atoms with Crippen LogP contribution < -0.4 is 15.5 Å². The number of carbonyl (C=O) groups is 1. The van der Waals surface area contributed by atoms with Crippen molar-refractivity contribution in [3.8, 4) is 17.3 Å². The summed E-state index contributed by atoms with van der Waals surface area (Å²) in [5, 5.41) is 24.0. The van der Waals surface area contributed by atoms with Gasteiger partial charge in [0.1, 0.15) is 28.3 Å². The van der Waals surface area contributed by atoms with Crippen molar-refractivity contribution in [2.24, 2.45) is 5.73 Å². The largest absolute Gasteiger partial charge is 0.389 e. The number of hydrogen-bond donors (Lipinski definition) is 2. The van der Waals surface area contributed by atoms with E-state index in [4.69, 9.17) is 25.9 Å². The van der Waals surface area contributed by atoms with Crippen LogP contribution in [0.4, 0.5) is 21.2 Å². The lowest BCUT2D eigenvalue weighted by atomic mass is 10.1. The van der Waals surface area contributed by atoms with Crippen molar-refractivity contribution in [1.29, 1.82) is 5.26 Å². The molecule has 2 aliphatic heterocycles. The molecular weight excluding hydrogens is 545 g/mol. The van der Waals surface area contributed by atoms with Crippen molar-refractivity contribution in [2.75, 3.05) is 49.6 Å². The molecule has 0 atom stereocenters. The maximum atomic E-state index is 13.4. The summed E-state index contributed by atoms with van der Waals surface area (Å²) >= 11 is 1.30. The molecule has 11 nitrogen and oxygen atoms in total. The fourth-order valence-corrected chi connectivity index (χ4v) is 5.70. The number of imidazole rings is 1. The Hall–Kier alpha value is -4.12. The molecule has 0 unspecified atom stereocenters. The Morgan fingerprint density at radius 1 is 1.20 bits per heavy atom. The average molecular weight is 578 g/mol. The van der Waals surface area contributed by atoms with Crippen LogP contribution in [0.5, 0.6) is 0 Å². The molecule has 0 saturated carbocycles. The minimum Gasteiger partial charge on any atom is -0.389 e. The van der Waals surface area contributed by atoms with Crippen LogP contribution in [0.2, 0.25) is 0 Å². The number of nitrogens with two attached hydrogens (primary N) is 1. The van der Waals surface area contributed by atoms with Gasteiger partial charge in [0.05, 0.1) is 18.3 Å². The van der Waals surface area contributed by atoms with E-state index in [0.29, 0.717) is 34.4 Å². The number of hydrogen-bond acceptors (Lipinski definition) is 10. The van der Waals surface area contributed by atoms with Gasteiger partial charge in [-0.25, -0.2) is 14.4 Å². The summed E-state index contributed by atoms with van der Waals surface area (Å²) in [6, 6.07) is 12.3. The molecule has 0 bridgehead atoms. The zero-order valence-electron chi connectivity index (χ0n) is 23.0. The van der Waals surface area contributed by atoms with Crippen molar-refractivity contribution in [3.05, 3.63) is 52.8 Å². The molecular formula is C28H32FN9O2S.